The van der Waals surface area contributed by atoms with E-state index in [1.807, 2.05) is 0 Å². The number of carboxylic acid groups (broad SMARTS) is 1. The van der Waals surface area contributed by atoms with Crippen molar-refractivity contribution in [3.05, 3.63) is 12.2 Å². The number of carbonyl (C=O) groups excluding carboxylic acids is 1. The number of carbonyl (C=O) groups is 2. The van der Waals surface area contributed by atoms with Crippen molar-refractivity contribution >= 4 is 11.9 Å². The molecule has 0 amide bonds. The summed E-state index contributed by atoms with van der Waals surface area (Å²) in [5.74, 6) is -1.84. The predicted octanol–water partition coefficient (Wildman–Crippen LogP) is -3.08. The van der Waals surface area contributed by atoms with Crippen molar-refractivity contribution in [2.75, 3.05) is 7.11 Å². The molecule has 10 heavy (non-hydrogen) atoms. The number of ether oxygens (including phenoxy) is 1. The third-order valence-corrected chi connectivity index (χ3v) is 0.563. The predicted molar refractivity (Wildman–Crippen MR) is 29.9 cm³/mol. The third-order valence-electron chi connectivity index (χ3n) is 0.563. The number of rotatable bonds is 2. The Kier molecular flexibility index (Phi) is 7.68. The summed E-state index contributed by atoms with van der Waals surface area (Å²) in [6, 6.07) is 0. The summed E-state index contributed by atoms with van der Waals surface area (Å²) in [4.78, 5) is 19.9. The molecule has 4 nitrogen and oxygen atoms in total. The zero-order chi connectivity index (χ0) is 7.28. The van der Waals surface area contributed by atoms with E-state index < -0.39 is 11.9 Å². The Balaban J connectivity index is -0.000000320. The maximum Gasteiger partial charge on any atom is 1.00 e. The Labute approximate surface area is 71.5 Å². The molecule has 5 heteroatoms. The van der Waals surface area contributed by atoms with Gasteiger partial charge in [-0.3, -0.25) is 0 Å². The Morgan fingerprint density at radius 1 is 1.50 bits per heavy atom. The maximum absolute atomic E-state index is 10.1. The minimum Gasteiger partial charge on any atom is -1.00 e. The van der Waals surface area contributed by atoms with Gasteiger partial charge in [0, 0.05) is 12.2 Å². The van der Waals surface area contributed by atoms with Gasteiger partial charge in [-0.15, -0.1) is 0 Å². The van der Waals surface area contributed by atoms with Crippen molar-refractivity contribution in [3.8, 4) is 0 Å². The van der Waals surface area contributed by atoms with Crippen molar-refractivity contribution < 1.29 is 39.7 Å². The largest absolute Gasteiger partial charge is 1.00 e. The van der Waals surface area contributed by atoms with Crippen LogP contribution in [0.5, 0.6) is 0 Å². The average molecular weight is 138 g/mol. The second-order valence-electron chi connectivity index (χ2n) is 1.19. The first-order valence-corrected chi connectivity index (χ1v) is 2.15. The Hall–Kier alpha value is -0.723. The summed E-state index contributed by atoms with van der Waals surface area (Å²) in [6.07, 6.45) is 1.55. The molecular formula is C5H7LiO4. The number of carboxylic acids is 1. The van der Waals surface area contributed by atoms with Crippen LogP contribution in [0.15, 0.2) is 12.2 Å². The molecule has 52 valence electrons. The smallest absolute Gasteiger partial charge is 1.00 e. The standard InChI is InChI=1S/C5H6O4.Li.H/c1-9-5(8)3-2-4(6)7;;/h2-3H,1H3,(H,6,7);;/q;+1;-1/b3-2-;;. The molecule has 0 bridgehead atoms. The molecule has 0 aromatic carbocycles. The number of methoxy groups -OCH3 is 1. The van der Waals surface area contributed by atoms with Crippen LogP contribution in [0.3, 0.4) is 0 Å². The fourth-order valence-corrected chi connectivity index (χ4v) is 0.207. The molecule has 0 atom stereocenters. The van der Waals surface area contributed by atoms with Crippen LogP contribution in [0.2, 0.25) is 0 Å². The molecule has 0 rings (SSSR count). The van der Waals surface area contributed by atoms with Gasteiger partial charge in [-0.1, -0.05) is 0 Å². The summed E-state index contributed by atoms with van der Waals surface area (Å²) >= 11 is 0. The normalized spacial score (nSPS) is 8.50. The molecule has 0 aliphatic heterocycles. The molecular weight excluding hydrogens is 131 g/mol. The van der Waals surface area contributed by atoms with Gasteiger partial charge in [0.25, 0.3) is 0 Å². The molecule has 0 aromatic heterocycles. The molecule has 0 radical (unpaired) electrons. The van der Waals surface area contributed by atoms with Gasteiger partial charge in [-0.25, -0.2) is 9.59 Å². The molecule has 0 aliphatic carbocycles. The van der Waals surface area contributed by atoms with Gasteiger partial charge < -0.3 is 11.3 Å². The summed E-state index contributed by atoms with van der Waals surface area (Å²) in [6.45, 7) is 0. The topological polar surface area (TPSA) is 63.6 Å². The van der Waals surface area contributed by atoms with E-state index in [9.17, 15) is 9.59 Å². The van der Waals surface area contributed by atoms with Crippen LogP contribution in [0.25, 0.3) is 0 Å². The molecule has 0 unspecified atom stereocenters. The van der Waals surface area contributed by atoms with Gasteiger partial charge in [0.2, 0.25) is 0 Å². The van der Waals surface area contributed by atoms with Crippen LogP contribution in [0.1, 0.15) is 1.43 Å². The van der Waals surface area contributed by atoms with E-state index in [0.29, 0.717) is 6.08 Å². The van der Waals surface area contributed by atoms with Gasteiger partial charge in [0.1, 0.15) is 0 Å². The van der Waals surface area contributed by atoms with E-state index in [0.717, 1.165) is 6.08 Å². The summed E-state index contributed by atoms with van der Waals surface area (Å²) < 4.78 is 4.11. The van der Waals surface area contributed by atoms with Gasteiger partial charge >= 0.3 is 30.8 Å². The van der Waals surface area contributed by atoms with E-state index in [2.05, 4.69) is 4.74 Å². The van der Waals surface area contributed by atoms with E-state index in [1.54, 1.807) is 0 Å². The first kappa shape index (κ1) is 12.0. The van der Waals surface area contributed by atoms with Crippen LogP contribution in [0.4, 0.5) is 0 Å². The van der Waals surface area contributed by atoms with Crippen molar-refractivity contribution in [1.29, 1.82) is 0 Å². The van der Waals surface area contributed by atoms with Gasteiger partial charge in [0.15, 0.2) is 0 Å². The van der Waals surface area contributed by atoms with Gasteiger partial charge in [-0.2, -0.15) is 0 Å². The van der Waals surface area contributed by atoms with Crippen molar-refractivity contribution in [2.45, 2.75) is 0 Å². The Bertz CT molecular complexity index is 157. The first-order valence-electron chi connectivity index (χ1n) is 2.15. The van der Waals surface area contributed by atoms with E-state index in [4.69, 9.17) is 5.11 Å². The van der Waals surface area contributed by atoms with Crippen molar-refractivity contribution in [3.63, 3.8) is 0 Å². The van der Waals surface area contributed by atoms with Crippen LogP contribution in [-0.4, -0.2) is 24.2 Å². The average Bonchev–Trinajstić information content (AvgIpc) is 1.83. The maximum atomic E-state index is 10.1. The fourth-order valence-electron chi connectivity index (χ4n) is 0.207. The monoisotopic (exact) mass is 138 g/mol. The van der Waals surface area contributed by atoms with Gasteiger partial charge in [0.05, 0.1) is 7.11 Å². The zero-order valence-corrected chi connectivity index (χ0v) is 5.83. The summed E-state index contributed by atoms with van der Waals surface area (Å²) in [5.41, 5.74) is 0. The molecule has 0 heterocycles. The second-order valence-corrected chi connectivity index (χ2v) is 1.19. The van der Waals surface area contributed by atoms with Gasteiger partial charge in [-0.05, 0) is 0 Å². The molecule has 0 saturated carbocycles. The molecule has 0 aliphatic rings. The molecule has 0 fully saturated rings. The first-order chi connectivity index (χ1) is 4.16. The number of esters is 1. The number of hydrogen-bond acceptors (Lipinski definition) is 3. The Morgan fingerprint density at radius 3 is 2.30 bits per heavy atom. The van der Waals surface area contributed by atoms with Crippen molar-refractivity contribution in [1.82, 2.24) is 0 Å². The van der Waals surface area contributed by atoms with E-state index in [-0.39, 0.29) is 20.3 Å². The van der Waals surface area contributed by atoms with Crippen LogP contribution < -0.4 is 18.9 Å². The summed E-state index contributed by atoms with van der Waals surface area (Å²) in [5, 5.41) is 7.96. The third kappa shape index (κ3) is 7.28. The van der Waals surface area contributed by atoms with Crippen LogP contribution in [0, 0.1) is 0 Å². The van der Waals surface area contributed by atoms with E-state index in [1.165, 1.54) is 7.11 Å². The Morgan fingerprint density at radius 2 is 2.00 bits per heavy atom. The minimum atomic E-state index is -1.17. The quantitative estimate of drug-likeness (QED) is 0.249. The fraction of sp³-hybridized carbons (Fsp3) is 0.200. The molecule has 0 saturated heterocycles. The zero-order valence-electron chi connectivity index (χ0n) is 6.83. The van der Waals surface area contributed by atoms with E-state index >= 15 is 0 Å². The van der Waals surface area contributed by atoms with Crippen LogP contribution in [-0.2, 0) is 14.3 Å². The molecule has 1 N–H and O–H groups in total. The SMILES string of the molecule is COC(=O)/C=C\C(=O)O.[H-].[Li+]. The van der Waals surface area contributed by atoms with Crippen LogP contribution >= 0.6 is 0 Å². The number of hydrogen-bond donors (Lipinski definition) is 1. The van der Waals surface area contributed by atoms with Crippen molar-refractivity contribution in [2.24, 2.45) is 0 Å². The molecule has 0 aromatic rings. The minimum absolute atomic E-state index is 0. The molecule has 0 spiro atoms. The second kappa shape index (κ2) is 6.40. The summed E-state index contributed by atoms with van der Waals surface area (Å²) in [7, 11) is 1.18. The number of aliphatic carboxylic acids is 1.